The molecule has 1 aliphatic rings. The molecule has 0 spiro atoms. The summed E-state index contributed by atoms with van der Waals surface area (Å²) in [5.41, 5.74) is 3.33. The SMILES string of the molecule is COc1ccccc1NC(=O)C1=C(C)Nc2ncnn2[C@@H]1c1cccc(OCc2ccc(Cl)cc2Cl)c1. The molecule has 1 aliphatic heterocycles. The summed E-state index contributed by atoms with van der Waals surface area (Å²) < 4.78 is 13.1. The number of methoxy groups -OCH3 is 1. The minimum Gasteiger partial charge on any atom is -0.495 e. The number of hydrogen-bond acceptors (Lipinski definition) is 6. The van der Waals surface area contributed by atoms with Gasteiger partial charge in [-0.15, -0.1) is 0 Å². The molecule has 2 N–H and O–H groups in total. The van der Waals surface area contributed by atoms with Crippen molar-refractivity contribution in [1.29, 1.82) is 0 Å². The minimum absolute atomic E-state index is 0.260. The van der Waals surface area contributed by atoms with Crippen molar-refractivity contribution in [2.45, 2.75) is 19.6 Å². The molecule has 5 rings (SSSR count). The van der Waals surface area contributed by atoms with Crippen molar-refractivity contribution in [3.8, 4) is 11.5 Å². The third kappa shape index (κ3) is 5.12. The van der Waals surface area contributed by atoms with Crippen LogP contribution in [0, 0.1) is 0 Å². The predicted molar refractivity (Wildman–Crippen MR) is 143 cm³/mol. The van der Waals surface area contributed by atoms with Crippen LogP contribution in [0.1, 0.15) is 24.1 Å². The molecular weight excluding hydrogens is 513 g/mol. The molecule has 1 amide bonds. The maximum Gasteiger partial charge on any atom is 0.255 e. The third-order valence-electron chi connectivity index (χ3n) is 5.98. The number of fused-ring (bicyclic) bond motifs is 1. The zero-order valence-electron chi connectivity index (χ0n) is 20.0. The minimum atomic E-state index is -0.545. The molecule has 0 radical (unpaired) electrons. The monoisotopic (exact) mass is 535 g/mol. The maximum absolute atomic E-state index is 13.6. The van der Waals surface area contributed by atoms with Crippen molar-refractivity contribution < 1.29 is 14.3 Å². The summed E-state index contributed by atoms with van der Waals surface area (Å²) >= 11 is 12.3. The van der Waals surface area contributed by atoms with Crippen molar-refractivity contribution in [2.24, 2.45) is 0 Å². The van der Waals surface area contributed by atoms with Crippen LogP contribution in [0.25, 0.3) is 0 Å². The van der Waals surface area contributed by atoms with Crippen LogP contribution < -0.4 is 20.1 Å². The lowest BCUT2D eigenvalue weighted by atomic mass is 9.94. The Hall–Kier alpha value is -4.01. The standard InChI is InChI=1S/C27H23Cl2N5O3/c1-16-24(26(35)33-22-8-3-4-9-23(22)36-2)25(34-27(32-16)30-15-31-34)17-6-5-7-20(12-17)37-14-18-10-11-19(28)13-21(18)29/h3-13,15,25H,14H2,1-2H3,(H,33,35)(H,30,31,32)/t25-/m1/s1. The summed E-state index contributed by atoms with van der Waals surface area (Å²) in [5.74, 6) is 1.42. The zero-order valence-corrected chi connectivity index (χ0v) is 21.5. The van der Waals surface area contributed by atoms with Crippen LogP contribution in [-0.2, 0) is 11.4 Å². The second kappa shape index (κ2) is 10.5. The molecule has 188 valence electrons. The summed E-state index contributed by atoms with van der Waals surface area (Å²) in [6.07, 6.45) is 1.45. The van der Waals surface area contributed by atoms with E-state index in [-0.39, 0.29) is 12.5 Å². The number of nitrogens with zero attached hydrogens (tertiary/aromatic N) is 3. The number of allylic oxidation sites excluding steroid dienone is 1. The van der Waals surface area contributed by atoms with Crippen LogP contribution in [-0.4, -0.2) is 27.8 Å². The summed E-state index contributed by atoms with van der Waals surface area (Å²) in [5, 5.41) is 11.6. The number of aromatic nitrogens is 3. The van der Waals surface area contributed by atoms with Gasteiger partial charge in [0.05, 0.1) is 18.4 Å². The van der Waals surface area contributed by atoms with Gasteiger partial charge in [-0.2, -0.15) is 10.1 Å². The highest BCUT2D eigenvalue weighted by Crippen LogP contribution is 2.37. The summed E-state index contributed by atoms with van der Waals surface area (Å²) in [6.45, 7) is 2.10. The van der Waals surface area contributed by atoms with Crippen molar-refractivity contribution >= 4 is 40.7 Å². The number of nitrogens with one attached hydrogen (secondary N) is 2. The fourth-order valence-corrected chi connectivity index (χ4v) is 4.67. The van der Waals surface area contributed by atoms with Crippen LogP contribution in [0.5, 0.6) is 11.5 Å². The molecule has 0 fully saturated rings. The Balaban J connectivity index is 1.46. The summed E-state index contributed by atoms with van der Waals surface area (Å²) in [7, 11) is 1.56. The second-order valence-electron chi connectivity index (χ2n) is 8.35. The average Bonchev–Trinajstić information content (AvgIpc) is 3.36. The predicted octanol–water partition coefficient (Wildman–Crippen LogP) is 6.10. The fraction of sp³-hybridized carbons (Fsp3) is 0.148. The Morgan fingerprint density at radius 2 is 1.95 bits per heavy atom. The van der Waals surface area contributed by atoms with E-state index >= 15 is 0 Å². The van der Waals surface area contributed by atoms with E-state index < -0.39 is 6.04 Å². The number of anilines is 2. The Morgan fingerprint density at radius 1 is 1.11 bits per heavy atom. The number of amides is 1. The molecule has 10 heteroatoms. The van der Waals surface area contributed by atoms with Crippen molar-refractivity contribution in [1.82, 2.24) is 14.8 Å². The van der Waals surface area contributed by atoms with Gasteiger partial charge >= 0.3 is 0 Å². The van der Waals surface area contributed by atoms with E-state index in [0.717, 1.165) is 11.1 Å². The van der Waals surface area contributed by atoms with Crippen LogP contribution in [0.2, 0.25) is 10.0 Å². The van der Waals surface area contributed by atoms with E-state index in [0.29, 0.717) is 44.5 Å². The fourth-order valence-electron chi connectivity index (χ4n) is 4.21. The number of halogens is 2. The van der Waals surface area contributed by atoms with Crippen LogP contribution in [0.15, 0.2) is 84.3 Å². The van der Waals surface area contributed by atoms with E-state index in [1.807, 2.05) is 49.4 Å². The molecule has 2 heterocycles. The van der Waals surface area contributed by atoms with Gasteiger partial charge in [-0.05, 0) is 48.9 Å². The molecule has 0 unspecified atom stereocenters. The molecule has 1 atom stereocenters. The van der Waals surface area contributed by atoms with E-state index in [2.05, 4.69) is 20.7 Å². The van der Waals surface area contributed by atoms with Crippen molar-refractivity contribution in [3.05, 3.63) is 105 Å². The quantitative estimate of drug-likeness (QED) is 0.297. The Bertz CT molecular complexity index is 1500. The van der Waals surface area contributed by atoms with Gasteiger partial charge in [0.25, 0.3) is 5.91 Å². The molecule has 0 saturated heterocycles. The van der Waals surface area contributed by atoms with Gasteiger partial charge in [0.1, 0.15) is 30.5 Å². The molecule has 0 saturated carbocycles. The van der Waals surface area contributed by atoms with Crippen molar-refractivity contribution in [3.63, 3.8) is 0 Å². The zero-order chi connectivity index (χ0) is 25.9. The lowest BCUT2D eigenvalue weighted by molar-refractivity contribution is -0.113. The van der Waals surface area contributed by atoms with E-state index in [1.54, 1.807) is 36.1 Å². The number of carbonyl (C=O) groups excluding carboxylic acids is 1. The number of ether oxygens (including phenoxy) is 2. The van der Waals surface area contributed by atoms with Crippen LogP contribution >= 0.6 is 23.2 Å². The lowest BCUT2D eigenvalue weighted by Gasteiger charge is -2.29. The molecule has 37 heavy (non-hydrogen) atoms. The van der Waals surface area contributed by atoms with Gasteiger partial charge in [-0.25, -0.2) is 4.68 Å². The number of para-hydroxylation sites is 2. The highest BCUT2D eigenvalue weighted by atomic mass is 35.5. The highest BCUT2D eigenvalue weighted by Gasteiger charge is 2.34. The average molecular weight is 536 g/mol. The van der Waals surface area contributed by atoms with Gasteiger partial charge in [-0.3, -0.25) is 4.79 Å². The Morgan fingerprint density at radius 3 is 2.76 bits per heavy atom. The maximum atomic E-state index is 13.6. The topological polar surface area (TPSA) is 90.3 Å². The molecular formula is C27H23Cl2N5O3. The Labute approximate surface area is 223 Å². The number of benzene rings is 3. The lowest BCUT2D eigenvalue weighted by Crippen LogP contribution is -2.31. The Kier molecular flexibility index (Phi) is 7.03. The number of carbonyl (C=O) groups is 1. The molecule has 3 aromatic carbocycles. The molecule has 0 bridgehead atoms. The highest BCUT2D eigenvalue weighted by molar-refractivity contribution is 6.35. The molecule has 4 aromatic rings. The van der Waals surface area contributed by atoms with Crippen molar-refractivity contribution in [2.75, 3.05) is 17.7 Å². The van der Waals surface area contributed by atoms with Crippen LogP contribution in [0.4, 0.5) is 11.6 Å². The molecule has 1 aromatic heterocycles. The second-order valence-corrected chi connectivity index (χ2v) is 9.19. The number of hydrogen-bond donors (Lipinski definition) is 2. The van der Waals surface area contributed by atoms with Gasteiger partial charge in [0.2, 0.25) is 5.95 Å². The third-order valence-corrected chi connectivity index (χ3v) is 6.56. The normalized spacial score (nSPS) is 14.5. The van der Waals surface area contributed by atoms with E-state index in [1.165, 1.54) is 6.33 Å². The smallest absolute Gasteiger partial charge is 0.255 e. The largest absolute Gasteiger partial charge is 0.495 e. The van der Waals surface area contributed by atoms with Gasteiger partial charge in [-0.1, -0.05) is 53.5 Å². The number of rotatable bonds is 7. The first-order valence-corrected chi connectivity index (χ1v) is 12.2. The first-order valence-electron chi connectivity index (χ1n) is 11.4. The van der Waals surface area contributed by atoms with Gasteiger partial charge in [0.15, 0.2) is 0 Å². The first kappa shape index (κ1) is 24.7. The van der Waals surface area contributed by atoms with Gasteiger partial charge < -0.3 is 20.1 Å². The molecule has 8 nitrogen and oxygen atoms in total. The summed E-state index contributed by atoms with van der Waals surface area (Å²) in [6, 6.07) is 19.5. The summed E-state index contributed by atoms with van der Waals surface area (Å²) in [4.78, 5) is 17.9. The first-order chi connectivity index (χ1) is 17.9. The van der Waals surface area contributed by atoms with E-state index in [4.69, 9.17) is 32.7 Å². The van der Waals surface area contributed by atoms with E-state index in [9.17, 15) is 4.79 Å². The van der Waals surface area contributed by atoms with Gasteiger partial charge in [0, 0.05) is 21.3 Å². The molecule has 0 aliphatic carbocycles. The van der Waals surface area contributed by atoms with Crippen LogP contribution in [0.3, 0.4) is 0 Å².